The van der Waals surface area contributed by atoms with E-state index < -0.39 is 5.91 Å². The van der Waals surface area contributed by atoms with Crippen LogP contribution in [0.5, 0.6) is 0 Å². The van der Waals surface area contributed by atoms with E-state index in [1.54, 1.807) is 17.4 Å². The first kappa shape index (κ1) is 17.0. The number of hydrazine groups is 1. The van der Waals surface area contributed by atoms with E-state index >= 15 is 0 Å². The standard InChI is InChI=1S/C20H24N4O2S/c25-18(11-20-8-12-4-13(9-20)6-14(5-12)10-20)23-24-19(26)16-7-15(21-22-16)17-2-1-3-27-17/h1-3,7,12-14H,4-6,8-11H2,(H,21,22)(H,23,25)(H,24,26). The van der Waals surface area contributed by atoms with E-state index in [4.69, 9.17) is 0 Å². The van der Waals surface area contributed by atoms with Crippen LogP contribution in [0.25, 0.3) is 10.6 Å². The zero-order chi connectivity index (χ0) is 18.4. The van der Waals surface area contributed by atoms with Crippen molar-refractivity contribution in [1.29, 1.82) is 0 Å². The molecule has 6 nitrogen and oxygen atoms in total. The molecular formula is C20H24N4O2S. The summed E-state index contributed by atoms with van der Waals surface area (Å²) in [6.07, 6.45) is 8.17. The quantitative estimate of drug-likeness (QED) is 0.705. The minimum Gasteiger partial charge on any atom is -0.276 e. The second-order valence-electron chi connectivity index (χ2n) is 8.74. The van der Waals surface area contributed by atoms with Gasteiger partial charge < -0.3 is 0 Å². The molecule has 27 heavy (non-hydrogen) atoms. The molecule has 4 saturated carbocycles. The Bertz CT molecular complexity index is 822. The Balaban J connectivity index is 1.17. The van der Waals surface area contributed by atoms with Crippen molar-refractivity contribution in [3.05, 3.63) is 29.3 Å². The van der Waals surface area contributed by atoms with E-state index in [9.17, 15) is 9.59 Å². The van der Waals surface area contributed by atoms with Gasteiger partial charge in [0.2, 0.25) is 5.91 Å². The number of aromatic nitrogens is 2. The van der Waals surface area contributed by atoms with Crippen molar-refractivity contribution < 1.29 is 9.59 Å². The third kappa shape index (κ3) is 3.29. The van der Waals surface area contributed by atoms with Crippen LogP contribution >= 0.6 is 11.3 Å². The predicted molar refractivity (Wildman–Crippen MR) is 103 cm³/mol. The fourth-order valence-electron chi connectivity index (χ4n) is 6.08. The fourth-order valence-corrected chi connectivity index (χ4v) is 6.77. The number of hydrogen-bond acceptors (Lipinski definition) is 4. The molecule has 0 aromatic carbocycles. The maximum Gasteiger partial charge on any atom is 0.290 e. The molecule has 4 fully saturated rings. The van der Waals surface area contributed by atoms with Crippen LogP contribution in [0.15, 0.2) is 23.6 Å². The van der Waals surface area contributed by atoms with Gasteiger partial charge >= 0.3 is 0 Å². The van der Waals surface area contributed by atoms with Crippen molar-refractivity contribution in [3.63, 3.8) is 0 Å². The Morgan fingerprint density at radius 2 is 1.85 bits per heavy atom. The topological polar surface area (TPSA) is 86.9 Å². The van der Waals surface area contributed by atoms with Crippen molar-refractivity contribution in [2.45, 2.75) is 44.9 Å². The molecule has 0 atom stereocenters. The molecule has 3 N–H and O–H groups in total. The summed E-state index contributed by atoms with van der Waals surface area (Å²) >= 11 is 1.58. The van der Waals surface area contributed by atoms with Gasteiger partial charge in [-0.2, -0.15) is 5.10 Å². The number of nitrogens with one attached hydrogen (secondary N) is 3. The largest absolute Gasteiger partial charge is 0.290 e. The molecule has 0 radical (unpaired) electrons. The molecular weight excluding hydrogens is 360 g/mol. The highest BCUT2D eigenvalue weighted by atomic mass is 32.1. The average Bonchev–Trinajstić information content (AvgIpc) is 3.29. The van der Waals surface area contributed by atoms with Gasteiger partial charge in [-0.05, 0) is 79.2 Å². The van der Waals surface area contributed by atoms with Crippen molar-refractivity contribution in [1.82, 2.24) is 21.0 Å². The number of carbonyl (C=O) groups is 2. The van der Waals surface area contributed by atoms with Crippen molar-refractivity contribution in [2.24, 2.45) is 23.2 Å². The van der Waals surface area contributed by atoms with E-state index in [2.05, 4.69) is 21.0 Å². The number of carbonyl (C=O) groups excluding carboxylic acids is 2. The summed E-state index contributed by atoms with van der Waals surface area (Å²) in [5.41, 5.74) is 6.37. The van der Waals surface area contributed by atoms with E-state index in [-0.39, 0.29) is 17.0 Å². The zero-order valence-corrected chi connectivity index (χ0v) is 16.0. The summed E-state index contributed by atoms with van der Waals surface area (Å²) in [5, 5.41) is 8.89. The third-order valence-electron chi connectivity index (χ3n) is 6.61. The van der Waals surface area contributed by atoms with Crippen LogP contribution in [0.4, 0.5) is 0 Å². The second kappa shape index (κ2) is 6.48. The Morgan fingerprint density at radius 3 is 2.48 bits per heavy atom. The summed E-state index contributed by atoms with van der Waals surface area (Å²) < 4.78 is 0. The minimum absolute atomic E-state index is 0.0840. The number of rotatable bonds is 4. The zero-order valence-electron chi connectivity index (χ0n) is 15.2. The van der Waals surface area contributed by atoms with Crippen LogP contribution in [-0.4, -0.2) is 22.0 Å². The molecule has 2 aromatic heterocycles. The maximum atomic E-state index is 12.5. The highest BCUT2D eigenvalue weighted by Crippen LogP contribution is 2.61. The summed E-state index contributed by atoms with van der Waals surface area (Å²) in [4.78, 5) is 25.8. The lowest BCUT2D eigenvalue weighted by Gasteiger charge is -2.56. The van der Waals surface area contributed by atoms with E-state index in [0.29, 0.717) is 6.42 Å². The summed E-state index contributed by atoms with van der Waals surface area (Å²) in [6.45, 7) is 0. The fraction of sp³-hybridized carbons (Fsp3) is 0.550. The minimum atomic E-state index is -0.395. The molecule has 4 aliphatic rings. The molecule has 0 saturated heterocycles. The molecule has 7 heteroatoms. The van der Waals surface area contributed by atoms with Gasteiger partial charge in [-0.25, -0.2) is 0 Å². The Morgan fingerprint density at radius 1 is 1.15 bits per heavy atom. The summed E-state index contributed by atoms with van der Waals surface area (Å²) in [5.74, 6) is 1.97. The van der Waals surface area contributed by atoms with Crippen LogP contribution in [0, 0.1) is 23.2 Å². The molecule has 0 spiro atoms. The molecule has 0 unspecified atom stereocenters. The lowest BCUT2D eigenvalue weighted by molar-refractivity contribution is -0.130. The van der Waals surface area contributed by atoms with Gasteiger partial charge in [-0.3, -0.25) is 25.5 Å². The maximum absolute atomic E-state index is 12.5. The van der Waals surface area contributed by atoms with Crippen molar-refractivity contribution in [2.75, 3.05) is 0 Å². The van der Waals surface area contributed by atoms with Gasteiger partial charge in [0.05, 0.1) is 10.6 Å². The number of aromatic amines is 1. The highest BCUT2D eigenvalue weighted by Gasteiger charge is 2.51. The van der Waals surface area contributed by atoms with Gasteiger partial charge in [0.25, 0.3) is 5.91 Å². The van der Waals surface area contributed by atoms with Gasteiger partial charge in [-0.1, -0.05) is 6.07 Å². The van der Waals surface area contributed by atoms with Crippen molar-refractivity contribution in [3.8, 4) is 10.6 Å². The van der Waals surface area contributed by atoms with Gasteiger partial charge in [0.15, 0.2) is 5.69 Å². The Hall–Kier alpha value is -2.15. The van der Waals surface area contributed by atoms with Crippen LogP contribution < -0.4 is 10.9 Å². The molecule has 4 aliphatic carbocycles. The molecule has 6 rings (SSSR count). The van der Waals surface area contributed by atoms with Crippen LogP contribution in [-0.2, 0) is 4.79 Å². The number of hydrogen-bond donors (Lipinski definition) is 3. The Kier molecular flexibility index (Phi) is 4.07. The molecule has 0 aliphatic heterocycles. The predicted octanol–water partition coefficient (Wildman–Crippen LogP) is 3.51. The summed E-state index contributed by atoms with van der Waals surface area (Å²) in [7, 11) is 0. The van der Waals surface area contributed by atoms with Crippen LogP contribution in [0.1, 0.15) is 55.4 Å². The molecule has 4 bridgehead atoms. The normalized spacial score (nSPS) is 31.0. The number of H-pyrrole nitrogens is 1. The van der Waals surface area contributed by atoms with Crippen LogP contribution in [0.2, 0.25) is 0 Å². The number of amides is 2. The Labute approximate surface area is 162 Å². The SMILES string of the molecule is O=C(CC12CC3CC(CC(C3)C1)C2)NNC(=O)c1cc(-c2cccs2)[nH]n1. The van der Waals surface area contributed by atoms with Crippen molar-refractivity contribution >= 4 is 23.2 Å². The monoisotopic (exact) mass is 384 g/mol. The lowest BCUT2D eigenvalue weighted by Crippen LogP contribution is -2.50. The molecule has 2 amide bonds. The number of nitrogens with zero attached hydrogens (tertiary/aromatic N) is 1. The smallest absolute Gasteiger partial charge is 0.276 e. The summed E-state index contributed by atoms with van der Waals surface area (Å²) in [6, 6.07) is 5.62. The van der Waals surface area contributed by atoms with Gasteiger partial charge in [0, 0.05) is 6.42 Å². The second-order valence-corrected chi connectivity index (χ2v) is 9.69. The van der Waals surface area contributed by atoms with Gasteiger partial charge in [0.1, 0.15) is 0 Å². The van der Waals surface area contributed by atoms with Crippen LogP contribution in [0.3, 0.4) is 0 Å². The lowest BCUT2D eigenvalue weighted by atomic mass is 9.49. The molecule has 142 valence electrons. The third-order valence-corrected chi connectivity index (χ3v) is 7.52. The first-order valence-corrected chi connectivity index (χ1v) is 10.6. The molecule has 2 heterocycles. The van der Waals surface area contributed by atoms with E-state index in [1.807, 2.05) is 17.5 Å². The van der Waals surface area contributed by atoms with Gasteiger partial charge in [-0.15, -0.1) is 11.3 Å². The number of thiophene rings is 1. The first-order chi connectivity index (χ1) is 13.1. The first-order valence-electron chi connectivity index (χ1n) is 9.77. The highest BCUT2D eigenvalue weighted by molar-refractivity contribution is 7.13. The molecule has 2 aromatic rings. The average molecular weight is 385 g/mol. The van der Waals surface area contributed by atoms with E-state index in [0.717, 1.165) is 28.3 Å². The van der Waals surface area contributed by atoms with E-state index in [1.165, 1.54) is 38.5 Å².